The minimum atomic E-state index is -0.302. The van der Waals surface area contributed by atoms with Gasteiger partial charge in [0.15, 0.2) is 0 Å². The normalized spacial score (nSPS) is 11.8. The Morgan fingerprint density at radius 3 is 2.71 bits per heavy atom. The van der Waals surface area contributed by atoms with Gasteiger partial charge in [-0.25, -0.2) is 14.8 Å². The maximum Gasteiger partial charge on any atom is 0.262 e. The van der Waals surface area contributed by atoms with Crippen LogP contribution in [0.3, 0.4) is 0 Å². The van der Waals surface area contributed by atoms with E-state index in [-0.39, 0.29) is 11.4 Å². The van der Waals surface area contributed by atoms with Crippen molar-refractivity contribution in [2.45, 2.75) is 26.8 Å². The van der Waals surface area contributed by atoms with Gasteiger partial charge in [-0.2, -0.15) is 5.10 Å². The minimum Gasteiger partial charge on any atom is -0.382 e. The van der Waals surface area contributed by atoms with Crippen LogP contribution in [-0.2, 0) is 11.3 Å². The summed E-state index contributed by atoms with van der Waals surface area (Å²) in [5.41, 5.74) is 4.82. The molecule has 0 saturated heterocycles. The molecule has 0 spiro atoms. The first-order chi connectivity index (χ1) is 13.6. The number of fused-ring (bicyclic) bond motifs is 1. The van der Waals surface area contributed by atoms with E-state index < -0.39 is 0 Å². The Bertz CT molecular complexity index is 1030. The monoisotopic (exact) mass is 382 g/mol. The summed E-state index contributed by atoms with van der Waals surface area (Å²) >= 11 is 0. The SMILES string of the molecule is CCOCCCn1c(N/N=C(/C)c2ccc(F)cc2)nc2ccccc2c1=O. The molecule has 0 aliphatic carbocycles. The van der Waals surface area contributed by atoms with Crippen molar-refractivity contribution in [1.29, 1.82) is 0 Å². The lowest BCUT2D eigenvalue weighted by Gasteiger charge is -2.13. The Labute approximate surface area is 162 Å². The molecule has 7 heteroatoms. The number of nitrogens with zero attached hydrogens (tertiary/aromatic N) is 3. The molecule has 0 saturated carbocycles. The summed E-state index contributed by atoms with van der Waals surface area (Å²) in [5, 5.41) is 4.90. The van der Waals surface area contributed by atoms with Crippen LogP contribution in [0.2, 0.25) is 0 Å². The number of hydrogen-bond donors (Lipinski definition) is 1. The second-order valence-electron chi connectivity index (χ2n) is 6.28. The highest BCUT2D eigenvalue weighted by molar-refractivity contribution is 5.99. The Kier molecular flexibility index (Phi) is 6.49. The second kappa shape index (κ2) is 9.23. The van der Waals surface area contributed by atoms with Crippen molar-refractivity contribution in [3.05, 3.63) is 70.3 Å². The number of anilines is 1. The summed E-state index contributed by atoms with van der Waals surface area (Å²) in [7, 11) is 0. The number of rotatable bonds is 8. The lowest BCUT2D eigenvalue weighted by atomic mass is 10.1. The van der Waals surface area contributed by atoms with Gasteiger partial charge in [-0.1, -0.05) is 24.3 Å². The van der Waals surface area contributed by atoms with Crippen molar-refractivity contribution < 1.29 is 9.13 Å². The van der Waals surface area contributed by atoms with Crippen LogP contribution in [0.25, 0.3) is 10.9 Å². The summed E-state index contributed by atoms with van der Waals surface area (Å²) < 4.78 is 20.1. The molecular formula is C21H23FN4O2. The molecule has 3 aromatic rings. The van der Waals surface area contributed by atoms with E-state index >= 15 is 0 Å². The zero-order valence-corrected chi connectivity index (χ0v) is 16.0. The van der Waals surface area contributed by atoms with Gasteiger partial charge in [-0.05, 0) is 50.1 Å². The maximum atomic E-state index is 13.1. The van der Waals surface area contributed by atoms with E-state index in [1.165, 1.54) is 12.1 Å². The van der Waals surface area contributed by atoms with Crippen LogP contribution in [0.5, 0.6) is 0 Å². The summed E-state index contributed by atoms with van der Waals surface area (Å²) in [6.45, 7) is 5.40. The molecule has 0 amide bonds. The van der Waals surface area contributed by atoms with E-state index in [0.717, 1.165) is 5.56 Å². The number of benzene rings is 2. The molecule has 28 heavy (non-hydrogen) atoms. The predicted molar refractivity (Wildman–Crippen MR) is 109 cm³/mol. The average Bonchev–Trinajstić information content (AvgIpc) is 2.71. The van der Waals surface area contributed by atoms with Crippen molar-refractivity contribution in [3.8, 4) is 0 Å². The molecule has 1 aromatic heterocycles. The third-order valence-electron chi connectivity index (χ3n) is 4.32. The number of aromatic nitrogens is 2. The molecule has 0 radical (unpaired) electrons. The molecule has 0 aliphatic rings. The molecular weight excluding hydrogens is 359 g/mol. The summed E-state index contributed by atoms with van der Waals surface area (Å²) in [6, 6.07) is 13.3. The van der Waals surface area contributed by atoms with Crippen LogP contribution >= 0.6 is 0 Å². The Hall–Kier alpha value is -3.06. The number of ether oxygens (including phenoxy) is 1. The predicted octanol–water partition coefficient (Wildman–Crippen LogP) is 3.80. The van der Waals surface area contributed by atoms with E-state index in [9.17, 15) is 9.18 Å². The average molecular weight is 382 g/mol. The van der Waals surface area contributed by atoms with E-state index in [1.807, 2.05) is 19.1 Å². The van der Waals surface area contributed by atoms with E-state index in [1.54, 1.807) is 35.8 Å². The highest BCUT2D eigenvalue weighted by Gasteiger charge is 2.10. The third-order valence-corrected chi connectivity index (χ3v) is 4.32. The molecule has 3 rings (SSSR count). The fourth-order valence-corrected chi connectivity index (χ4v) is 2.82. The first-order valence-electron chi connectivity index (χ1n) is 9.23. The van der Waals surface area contributed by atoms with Crippen molar-refractivity contribution in [2.75, 3.05) is 18.6 Å². The molecule has 0 fully saturated rings. The van der Waals surface area contributed by atoms with Crippen LogP contribution in [0, 0.1) is 5.82 Å². The topological polar surface area (TPSA) is 68.5 Å². The molecule has 2 aromatic carbocycles. The smallest absolute Gasteiger partial charge is 0.262 e. The molecule has 1 heterocycles. The van der Waals surface area contributed by atoms with Gasteiger partial charge >= 0.3 is 0 Å². The van der Waals surface area contributed by atoms with Gasteiger partial charge in [0.25, 0.3) is 5.56 Å². The molecule has 146 valence electrons. The zero-order valence-electron chi connectivity index (χ0n) is 16.0. The largest absolute Gasteiger partial charge is 0.382 e. The number of halogens is 1. The summed E-state index contributed by atoms with van der Waals surface area (Å²) in [6.07, 6.45) is 0.684. The maximum absolute atomic E-state index is 13.1. The number of nitrogens with one attached hydrogen (secondary N) is 1. The van der Waals surface area contributed by atoms with Crippen molar-refractivity contribution in [3.63, 3.8) is 0 Å². The first kappa shape index (κ1) is 19.7. The van der Waals surface area contributed by atoms with Gasteiger partial charge in [0.05, 0.1) is 16.6 Å². The van der Waals surface area contributed by atoms with Crippen LogP contribution in [-0.4, -0.2) is 28.5 Å². The molecule has 0 atom stereocenters. The van der Waals surface area contributed by atoms with Gasteiger partial charge in [-0.3, -0.25) is 9.36 Å². The van der Waals surface area contributed by atoms with Crippen LogP contribution < -0.4 is 11.0 Å². The Morgan fingerprint density at radius 2 is 1.96 bits per heavy atom. The lowest BCUT2D eigenvalue weighted by Crippen LogP contribution is -2.25. The van der Waals surface area contributed by atoms with Crippen molar-refractivity contribution in [2.24, 2.45) is 5.10 Å². The number of hydrazone groups is 1. The molecule has 6 nitrogen and oxygen atoms in total. The van der Waals surface area contributed by atoms with Crippen LogP contribution in [0.4, 0.5) is 10.3 Å². The van der Waals surface area contributed by atoms with Crippen LogP contribution in [0.1, 0.15) is 25.8 Å². The Morgan fingerprint density at radius 1 is 1.21 bits per heavy atom. The highest BCUT2D eigenvalue weighted by Crippen LogP contribution is 2.12. The van der Waals surface area contributed by atoms with Crippen molar-refractivity contribution in [1.82, 2.24) is 9.55 Å². The number of hydrogen-bond acceptors (Lipinski definition) is 5. The minimum absolute atomic E-state index is 0.126. The summed E-state index contributed by atoms with van der Waals surface area (Å²) in [4.78, 5) is 17.5. The fraction of sp³-hybridized carbons (Fsp3) is 0.286. The zero-order chi connectivity index (χ0) is 19.9. The first-order valence-corrected chi connectivity index (χ1v) is 9.23. The lowest BCUT2D eigenvalue weighted by molar-refractivity contribution is 0.141. The van der Waals surface area contributed by atoms with Gasteiger partial charge in [0.1, 0.15) is 5.82 Å². The third kappa shape index (κ3) is 4.61. The van der Waals surface area contributed by atoms with Gasteiger partial charge in [0.2, 0.25) is 5.95 Å². The van der Waals surface area contributed by atoms with E-state index in [2.05, 4.69) is 15.5 Å². The summed E-state index contributed by atoms with van der Waals surface area (Å²) in [5.74, 6) is 0.0606. The standard InChI is InChI=1S/C21H23FN4O2/c1-3-28-14-6-13-26-20(27)18-7-4-5-8-19(18)23-21(26)25-24-15(2)16-9-11-17(22)12-10-16/h4-5,7-12H,3,6,13-14H2,1-2H3,(H,23,25)/b24-15-. The molecule has 0 aliphatic heterocycles. The fourth-order valence-electron chi connectivity index (χ4n) is 2.82. The van der Waals surface area contributed by atoms with Crippen molar-refractivity contribution >= 4 is 22.6 Å². The van der Waals surface area contributed by atoms with Gasteiger partial charge < -0.3 is 4.74 Å². The quantitative estimate of drug-likeness (QED) is 0.366. The molecule has 0 bridgehead atoms. The Balaban J connectivity index is 1.92. The van der Waals surface area contributed by atoms with E-state index in [0.29, 0.717) is 48.7 Å². The van der Waals surface area contributed by atoms with Gasteiger partial charge in [0, 0.05) is 19.8 Å². The molecule has 1 N–H and O–H groups in total. The van der Waals surface area contributed by atoms with Gasteiger partial charge in [-0.15, -0.1) is 0 Å². The van der Waals surface area contributed by atoms with Crippen LogP contribution in [0.15, 0.2) is 58.4 Å². The highest BCUT2D eigenvalue weighted by atomic mass is 19.1. The number of para-hydroxylation sites is 1. The molecule has 0 unspecified atom stereocenters. The van der Waals surface area contributed by atoms with E-state index in [4.69, 9.17) is 4.74 Å². The second-order valence-corrected chi connectivity index (χ2v) is 6.28.